The van der Waals surface area contributed by atoms with Crippen LogP contribution in [0.2, 0.25) is 0 Å². The Morgan fingerprint density at radius 2 is 1.68 bits per heavy atom. The highest BCUT2D eigenvalue weighted by atomic mass is 19.4. The van der Waals surface area contributed by atoms with Crippen molar-refractivity contribution >= 4 is 17.4 Å². The van der Waals surface area contributed by atoms with E-state index in [4.69, 9.17) is 30.2 Å². The van der Waals surface area contributed by atoms with Crippen LogP contribution < -0.4 is 20.5 Å². The number of aromatic nitrogens is 2. The highest BCUT2D eigenvalue weighted by Crippen LogP contribution is 2.25. The van der Waals surface area contributed by atoms with Crippen LogP contribution in [0.5, 0.6) is 11.6 Å². The smallest absolute Gasteiger partial charge is 0.490 e. The summed E-state index contributed by atoms with van der Waals surface area (Å²) in [7, 11) is 0. The maximum absolute atomic E-state index is 14.0. The fourth-order valence-corrected chi connectivity index (χ4v) is 3.97. The molecule has 1 unspecified atom stereocenters. The number of halogens is 5. The number of pyridine rings is 1. The summed E-state index contributed by atoms with van der Waals surface area (Å²) < 4.78 is 72.4. The molecule has 236 valence electrons. The molecule has 15 heteroatoms. The Balaban J connectivity index is 0.000000676. The van der Waals surface area contributed by atoms with E-state index in [1.165, 1.54) is 10.6 Å². The molecular weight excluding hydrogens is 595 g/mol. The number of aryl methyl sites for hydroxylation is 2. The lowest BCUT2D eigenvalue weighted by Crippen LogP contribution is -2.32. The second kappa shape index (κ2) is 14.6. The molecule has 0 saturated heterocycles. The molecule has 0 aliphatic rings. The molecular formula is C29H29F5N4O6. The minimum atomic E-state index is -5.08. The van der Waals surface area contributed by atoms with E-state index in [0.717, 1.165) is 23.3 Å². The van der Waals surface area contributed by atoms with Gasteiger partial charge in [0.2, 0.25) is 5.88 Å². The summed E-state index contributed by atoms with van der Waals surface area (Å²) in [5, 5.41) is 23.3. The molecule has 4 rings (SSSR count). The van der Waals surface area contributed by atoms with E-state index in [1.54, 1.807) is 37.3 Å². The van der Waals surface area contributed by atoms with Crippen LogP contribution in [0.4, 0.5) is 22.0 Å². The second-order valence-corrected chi connectivity index (χ2v) is 9.38. The van der Waals surface area contributed by atoms with Crippen molar-refractivity contribution in [1.29, 1.82) is 0 Å². The van der Waals surface area contributed by atoms with E-state index in [1.807, 2.05) is 13.0 Å². The topological polar surface area (TPSA) is 148 Å². The number of hydrogen-bond donors (Lipinski definition) is 4. The van der Waals surface area contributed by atoms with Crippen LogP contribution in [0.15, 0.2) is 54.6 Å². The largest absolute Gasteiger partial charge is 0.491 e. The van der Waals surface area contributed by atoms with E-state index in [-0.39, 0.29) is 43.7 Å². The number of ether oxygens (including phenoxy) is 2. The highest BCUT2D eigenvalue weighted by Gasteiger charge is 2.38. The zero-order valence-corrected chi connectivity index (χ0v) is 23.5. The summed E-state index contributed by atoms with van der Waals surface area (Å²) in [6.07, 6.45) is -5.08. The standard InChI is InChI=1S/C27H28F2N4O4.C2HF3O2/c1-16-11-24-26(27(35)31-14-23(30)18-5-3-6-19(13-18)36-10-9-34)17(2)32-33(24)25(12-16)37-15-20-21(28)7-4-8-22(20)29;3-2(4,5)1(6)7/h3-8,11-13,23,34H,9-10,14-15,30H2,1-2H3,(H,31,35);(H,6,7). The molecule has 2 aromatic carbocycles. The van der Waals surface area contributed by atoms with Crippen LogP contribution in [0.25, 0.3) is 5.52 Å². The van der Waals surface area contributed by atoms with Crippen LogP contribution in [-0.2, 0) is 11.4 Å². The average Bonchev–Trinajstić information content (AvgIpc) is 3.29. The lowest BCUT2D eigenvalue weighted by Gasteiger charge is -2.15. The molecule has 0 bridgehead atoms. The first-order chi connectivity index (χ1) is 20.7. The van der Waals surface area contributed by atoms with Gasteiger partial charge in [-0.15, -0.1) is 0 Å². The van der Waals surface area contributed by atoms with Crippen LogP contribution in [0.3, 0.4) is 0 Å². The number of carbonyl (C=O) groups is 2. The van der Waals surface area contributed by atoms with Gasteiger partial charge >= 0.3 is 12.1 Å². The zero-order valence-electron chi connectivity index (χ0n) is 23.5. The van der Waals surface area contributed by atoms with Gasteiger partial charge in [0, 0.05) is 18.7 Å². The van der Waals surface area contributed by atoms with Gasteiger partial charge < -0.3 is 30.7 Å². The predicted octanol–water partition coefficient (Wildman–Crippen LogP) is 4.24. The summed E-state index contributed by atoms with van der Waals surface area (Å²) >= 11 is 0. The van der Waals surface area contributed by atoms with Crippen LogP contribution in [0.1, 0.15) is 38.8 Å². The van der Waals surface area contributed by atoms with Gasteiger partial charge in [-0.2, -0.15) is 22.8 Å². The van der Waals surface area contributed by atoms with E-state index < -0.39 is 29.8 Å². The number of nitrogens with zero attached hydrogens (tertiary/aromatic N) is 2. The minimum Gasteiger partial charge on any atom is -0.491 e. The lowest BCUT2D eigenvalue weighted by atomic mass is 10.1. The molecule has 0 aliphatic carbocycles. The summed E-state index contributed by atoms with van der Waals surface area (Å²) in [5.74, 6) is -3.72. The first-order valence-electron chi connectivity index (χ1n) is 13.0. The first-order valence-corrected chi connectivity index (χ1v) is 13.0. The zero-order chi connectivity index (χ0) is 32.6. The quantitative estimate of drug-likeness (QED) is 0.192. The predicted molar refractivity (Wildman–Crippen MR) is 147 cm³/mol. The number of aliphatic hydroxyl groups excluding tert-OH is 1. The molecule has 0 radical (unpaired) electrons. The molecule has 4 aromatic rings. The summed E-state index contributed by atoms with van der Waals surface area (Å²) in [4.78, 5) is 22.1. The Bertz CT molecular complexity index is 1610. The van der Waals surface area contributed by atoms with Crippen molar-refractivity contribution < 1.29 is 51.2 Å². The van der Waals surface area contributed by atoms with Gasteiger partial charge in [-0.1, -0.05) is 18.2 Å². The number of amides is 1. The number of alkyl halides is 3. The van der Waals surface area contributed by atoms with Crippen molar-refractivity contribution in [3.05, 3.63) is 94.2 Å². The molecule has 2 heterocycles. The number of aliphatic hydroxyl groups is 1. The Labute approximate surface area is 247 Å². The van der Waals surface area contributed by atoms with E-state index in [2.05, 4.69) is 10.4 Å². The van der Waals surface area contributed by atoms with E-state index >= 15 is 0 Å². The Hall–Kier alpha value is -4.76. The molecule has 0 aliphatic heterocycles. The maximum atomic E-state index is 14.0. The maximum Gasteiger partial charge on any atom is 0.490 e. The third kappa shape index (κ3) is 8.64. The number of fused-ring (bicyclic) bond motifs is 1. The Kier molecular flexibility index (Phi) is 11.2. The van der Waals surface area contributed by atoms with Gasteiger partial charge in [-0.05, 0) is 55.3 Å². The SMILES string of the molecule is Cc1cc(OCc2c(F)cccc2F)n2nc(C)c(C(=O)NCC(N)c3cccc(OCCO)c3)c2c1.O=C(O)C(F)(F)F. The number of nitrogens with one attached hydrogen (secondary N) is 1. The van der Waals surface area contributed by atoms with Crippen LogP contribution in [-0.4, -0.2) is 57.6 Å². The van der Waals surface area contributed by atoms with Gasteiger partial charge in [0.05, 0.1) is 28.9 Å². The number of nitrogens with two attached hydrogens (primary N) is 1. The van der Waals surface area contributed by atoms with Crippen molar-refractivity contribution in [2.45, 2.75) is 32.7 Å². The number of benzene rings is 2. The fourth-order valence-electron chi connectivity index (χ4n) is 3.97. The fraction of sp³-hybridized carbons (Fsp3) is 0.276. The monoisotopic (exact) mass is 624 g/mol. The Morgan fingerprint density at radius 1 is 1.05 bits per heavy atom. The highest BCUT2D eigenvalue weighted by molar-refractivity contribution is 6.02. The molecule has 10 nitrogen and oxygen atoms in total. The number of hydrogen-bond acceptors (Lipinski definition) is 7. The first kappa shape index (κ1) is 33.7. The van der Waals surface area contributed by atoms with Crippen LogP contribution in [0, 0.1) is 25.5 Å². The number of carboxylic acid groups (broad SMARTS) is 1. The molecule has 1 amide bonds. The average molecular weight is 625 g/mol. The number of rotatable bonds is 10. The van der Waals surface area contributed by atoms with Gasteiger partial charge in [-0.3, -0.25) is 4.79 Å². The third-order valence-electron chi connectivity index (χ3n) is 6.04. The lowest BCUT2D eigenvalue weighted by molar-refractivity contribution is -0.192. The summed E-state index contributed by atoms with van der Waals surface area (Å²) in [6.45, 7) is 3.40. The normalized spacial score (nSPS) is 11.8. The van der Waals surface area contributed by atoms with Gasteiger partial charge in [-0.25, -0.2) is 13.6 Å². The molecule has 2 aromatic heterocycles. The number of carboxylic acids is 1. The van der Waals surface area contributed by atoms with Gasteiger partial charge in [0.25, 0.3) is 5.91 Å². The molecule has 1 atom stereocenters. The summed E-state index contributed by atoms with van der Waals surface area (Å²) in [6, 6.07) is 13.7. The minimum absolute atomic E-state index is 0.0996. The number of carbonyl (C=O) groups excluding carboxylic acids is 1. The van der Waals surface area contributed by atoms with E-state index in [9.17, 15) is 26.7 Å². The van der Waals surface area contributed by atoms with Crippen molar-refractivity contribution in [3.63, 3.8) is 0 Å². The second-order valence-electron chi connectivity index (χ2n) is 9.38. The molecule has 5 N–H and O–H groups in total. The van der Waals surface area contributed by atoms with Gasteiger partial charge in [0.1, 0.15) is 30.6 Å². The summed E-state index contributed by atoms with van der Waals surface area (Å²) in [5.41, 5.74) is 8.93. The molecule has 0 spiro atoms. The van der Waals surface area contributed by atoms with E-state index in [0.29, 0.717) is 22.5 Å². The van der Waals surface area contributed by atoms with Crippen molar-refractivity contribution in [1.82, 2.24) is 14.9 Å². The van der Waals surface area contributed by atoms with Crippen molar-refractivity contribution in [3.8, 4) is 11.6 Å². The van der Waals surface area contributed by atoms with Crippen molar-refractivity contribution in [2.75, 3.05) is 19.8 Å². The Morgan fingerprint density at radius 3 is 2.30 bits per heavy atom. The van der Waals surface area contributed by atoms with Gasteiger partial charge in [0.15, 0.2) is 0 Å². The molecule has 0 fully saturated rings. The molecule has 0 saturated carbocycles. The van der Waals surface area contributed by atoms with Crippen LogP contribution >= 0.6 is 0 Å². The number of aliphatic carboxylic acids is 1. The van der Waals surface area contributed by atoms with Crippen molar-refractivity contribution in [2.24, 2.45) is 5.73 Å². The third-order valence-corrected chi connectivity index (χ3v) is 6.04. The molecule has 44 heavy (non-hydrogen) atoms.